The number of ether oxygens (including phenoxy) is 1. The van der Waals surface area contributed by atoms with Gasteiger partial charge in [-0.25, -0.2) is 0 Å². The van der Waals surface area contributed by atoms with Crippen LogP contribution in [0.25, 0.3) is 0 Å². The molecule has 3 aromatic rings. The molecule has 0 fully saturated rings. The Balaban J connectivity index is 0.00000225. The van der Waals surface area contributed by atoms with Gasteiger partial charge >= 0.3 is 0 Å². The van der Waals surface area contributed by atoms with Gasteiger partial charge < -0.3 is 10.1 Å². The van der Waals surface area contributed by atoms with Crippen LogP contribution in [0.15, 0.2) is 72.9 Å². The van der Waals surface area contributed by atoms with Crippen molar-refractivity contribution >= 4 is 24.0 Å². The van der Waals surface area contributed by atoms with Crippen LogP contribution < -0.4 is 10.1 Å². The SMILES string of the molecule is Cl.Clc1ccc(OCc2ccccc2)c(CNCc2ccccn2)c1. The third kappa shape index (κ3) is 6.05. The van der Waals surface area contributed by atoms with Crippen molar-refractivity contribution in [1.29, 1.82) is 0 Å². The first-order valence-corrected chi connectivity index (χ1v) is 8.25. The molecule has 0 spiro atoms. The van der Waals surface area contributed by atoms with E-state index < -0.39 is 0 Å². The Morgan fingerprint density at radius 3 is 2.48 bits per heavy atom. The molecule has 0 radical (unpaired) electrons. The van der Waals surface area contributed by atoms with E-state index in [1.54, 1.807) is 6.20 Å². The van der Waals surface area contributed by atoms with E-state index in [1.807, 2.05) is 54.6 Å². The number of pyridine rings is 1. The summed E-state index contributed by atoms with van der Waals surface area (Å²) < 4.78 is 5.97. The summed E-state index contributed by atoms with van der Waals surface area (Å²) in [6.07, 6.45) is 1.80. The maximum atomic E-state index is 6.13. The number of hydrogen-bond acceptors (Lipinski definition) is 3. The van der Waals surface area contributed by atoms with Crippen molar-refractivity contribution in [2.45, 2.75) is 19.7 Å². The van der Waals surface area contributed by atoms with Crippen LogP contribution in [0.2, 0.25) is 5.02 Å². The number of rotatable bonds is 7. The molecule has 0 atom stereocenters. The maximum Gasteiger partial charge on any atom is 0.124 e. The summed E-state index contributed by atoms with van der Waals surface area (Å²) in [4.78, 5) is 4.31. The predicted molar refractivity (Wildman–Crippen MR) is 104 cm³/mol. The van der Waals surface area contributed by atoms with E-state index in [-0.39, 0.29) is 12.4 Å². The first kappa shape index (κ1) is 19.3. The van der Waals surface area contributed by atoms with E-state index in [0.717, 1.165) is 22.6 Å². The minimum atomic E-state index is 0. The first-order chi connectivity index (χ1) is 11.8. The Labute approximate surface area is 159 Å². The monoisotopic (exact) mass is 374 g/mol. The standard InChI is InChI=1S/C20H19ClN2O.ClH/c21-18-9-10-20(24-15-16-6-2-1-3-7-16)17(12-18)13-22-14-19-8-4-5-11-23-19;/h1-12,22H,13-15H2;1H. The lowest BCUT2D eigenvalue weighted by atomic mass is 10.2. The Kier molecular flexibility index (Phi) is 7.74. The highest BCUT2D eigenvalue weighted by Crippen LogP contribution is 2.24. The average molecular weight is 375 g/mol. The van der Waals surface area contributed by atoms with E-state index in [2.05, 4.69) is 22.4 Å². The van der Waals surface area contributed by atoms with Crippen molar-refractivity contribution < 1.29 is 4.74 Å². The molecule has 25 heavy (non-hydrogen) atoms. The lowest BCUT2D eigenvalue weighted by Gasteiger charge is -2.13. The molecule has 130 valence electrons. The summed E-state index contributed by atoms with van der Waals surface area (Å²) in [7, 11) is 0. The Morgan fingerprint density at radius 1 is 0.920 bits per heavy atom. The molecule has 0 unspecified atom stereocenters. The van der Waals surface area contributed by atoms with Gasteiger partial charge in [0.1, 0.15) is 12.4 Å². The van der Waals surface area contributed by atoms with Crippen LogP contribution in [0.5, 0.6) is 5.75 Å². The van der Waals surface area contributed by atoms with Crippen molar-refractivity contribution in [2.75, 3.05) is 0 Å². The van der Waals surface area contributed by atoms with Crippen LogP contribution in [0, 0.1) is 0 Å². The zero-order valence-corrected chi connectivity index (χ0v) is 15.3. The van der Waals surface area contributed by atoms with E-state index in [4.69, 9.17) is 16.3 Å². The summed E-state index contributed by atoms with van der Waals surface area (Å²) >= 11 is 6.13. The van der Waals surface area contributed by atoms with Crippen LogP contribution in [0.4, 0.5) is 0 Å². The zero-order chi connectivity index (χ0) is 16.6. The van der Waals surface area contributed by atoms with Gasteiger partial charge in [-0.2, -0.15) is 0 Å². The van der Waals surface area contributed by atoms with Gasteiger partial charge in [-0.3, -0.25) is 4.98 Å². The molecule has 1 N–H and O–H groups in total. The summed E-state index contributed by atoms with van der Waals surface area (Å²) in [6, 6.07) is 21.7. The predicted octanol–water partition coefficient (Wildman–Crippen LogP) is 5.03. The number of nitrogens with one attached hydrogen (secondary N) is 1. The fourth-order valence-corrected chi connectivity index (χ4v) is 2.58. The van der Waals surface area contributed by atoms with E-state index in [9.17, 15) is 0 Å². The molecule has 1 heterocycles. The van der Waals surface area contributed by atoms with Gasteiger partial charge in [0.25, 0.3) is 0 Å². The second-order valence-electron chi connectivity index (χ2n) is 5.45. The molecule has 0 saturated carbocycles. The summed E-state index contributed by atoms with van der Waals surface area (Å²) in [5.41, 5.74) is 3.18. The topological polar surface area (TPSA) is 34.1 Å². The van der Waals surface area contributed by atoms with Crippen molar-refractivity contribution in [2.24, 2.45) is 0 Å². The van der Waals surface area contributed by atoms with Gasteiger partial charge in [0.05, 0.1) is 5.69 Å². The minimum absolute atomic E-state index is 0. The van der Waals surface area contributed by atoms with E-state index in [1.165, 1.54) is 0 Å². The molecule has 1 aromatic heterocycles. The van der Waals surface area contributed by atoms with Crippen LogP contribution in [0.3, 0.4) is 0 Å². The third-order valence-corrected chi connectivity index (χ3v) is 3.84. The lowest BCUT2D eigenvalue weighted by Crippen LogP contribution is -2.14. The summed E-state index contributed by atoms with van der Waals surface area (Å²) in [6.45, 7) is 1.91. The highest BCUT2D eigenvalue weighted by Gasteiger charge is 2.06. The average Bonchev–Trinajstić information content (AvgIpc) is 2.63. The third-order valence-electron chi connectivity index (χ3n) is 3.61. The number of nitrogens with zero attached hydrogens (tertiary/aromatic N) is 1. The fourth-order valence-electron chi connectivity index (χ4n) is 2.39. The molecular weight excluding hydrogens is 355 g/mol. The molecule has 0 aliphatic carbocycles. The normalized spacial score (nSPS) is 10.1. The van der Waals surface area contributed by atoms with Crippen molar-refractivity contribution in [1.82, 2.24) is 10.3 Å². The van der Waals surface area contributed by atoms with Gasteiger partial charge in [0, 0.05) is 29.9 Å². The summed E-state index contributed by atoms with van der Waals surface area (Å²) in [5, 5.41) is 4.09. The molecule has 3 nitrogen and oxygen atoms in total. The largest absolute Gasteiger partial charge is 0.489 e. The lowest BCUT2D eigenvalue weighted by molar-refractivity contribution is 0.302. The smallest absolute Gasteiger partial charge is 0.124 e. The van der Waals surface area contributed by atoms with Crippen LogP contribution >= 0.6 is 24.0 Å². The molecule has 3 rings (SSSR count). The molecule has 0 saturated heterocycles. The van der Waals surface area contributed by atoms with Gasteiger partial charge in [-0.1, -0.05) is 48.0 Å². The van der Waals surface area contributed by atoms with E-state index in [0.29, 0.717) is 24.7 Å². The van der Waals surface area contributed by atoms with Gasteiger partial charge in [0.2, 0.25) is 0 Å². The Hall–Kier alpha value is -2.07. The Morgan fingerprint density at radius 2 is 1.72 bits per heavy atom. The number of hydrogen-bond donors (Lipinski definition) is 1. The van der Waals surface area contributed by atoms with Crippen LogP contribution in [-0.4, -0.2) is 4.98 Å². The second-order valence-corrected chi connectivity index (χ2v) is 5.89. The molecule has 2 aromatic carbocycles. The quantitative estimate of drug-likeness (QED) is 0.629. The molecular formula is C20H20Cl2N2O. The van der Waals surface area contributed by atoms with Crippen LogP contribution in [-0.2, 0) is 19.7 Å². The molecule has 0 amide bonds. The van der Waals surface area contributed by atoms with Crippen molar-refractivity contribution in [3.63, 3.8) is 0 Å². The van der Waals surface area contributed by atoms with E-state index >= 15 is 0 Å². The van der Waals surface area contributed by atoms with Gasteiger partial charge in [0.15, 0.2) is 0 Å². The molecule has 5 heteroatoms. The van der Waals surface area contributed by atoms with Crippen LogP contribution in [0.1, 0.15) is 16.8 Å². The second kappa shape index (κ2) is 10.0. The summed E-state index contributed by atoms with van der Waals surface area (Å²) in [5.74, 6) is 0.844. The maximum absolute atomic E-state index is 6.13. The highest BCUT2D eigenvalue weighted by atomic mass is 35.5. The minimum Gasteiger partial charge on any atom is -0.489 e. The zero-order valence-electron chi connectivity index (χ0n) is 13.7. The van der Waals surface area contributed by atoms with Gasteiger partial charge in [-0.15, -0.1) is 12.4 Å². The van der Waals surface area contributed by atoms with Gasteiger partial charge in [-0.05, 0) is 35.9 Å². The molecule has 0 aliphatic rings. The number of aromatic nitrogens is 1. The first-order valence-electron chi connectivity index (χ1n) is 7.87. The Bertz CT molecular complexity index is 767. The highest BCUT2D eigenvalue weighted by molar-refractivity contribution is 6.30. The molecule has 0 aliphatic heterocycles. The fraction of sp³-hybridized carbons (Fsp3) is 0.150. The number of halogens is 2. The van der Waals surface area contributed by atoms with Crippen molar-refractivity contribution in [3.05, 3.63) is 94.8 Å². The van der Waals surface area contributed by atoms with Crippen molar-refractivity contribution in [3.8, 4) is 5.75 Å². The number of benzene rings is 2. The molecule has 0 bridgehead atoms.